The normalized spacial score (nSPS) is 35.3. The Morgan fingerprint density at radius 1 is 1.41 bits per heavy atom. The van der Waals surface area contributed by atoms with Crippen LogP contribution >= 0.6 is 0 Å². The van der Waals surface area contributed by atoms with Crippen LogP contribution in [-0.2, 0) is 10.3 Å². The molecule has 0 saturated carbocycles. The standard InChI is InChI=1S/C13H18N4O5/c1-12(21)10(20)8(4-18)22-13(12,5-19)9-3-2-7-11(14)15-6-16-17(7)9/h2-3,6,8,10,18-21H,4-5H2,1H3,(H2,14,15,16)/t8-,10-,12-,13+/m1/s1. The number of aliphatic hydroxyl groups excluding tert-OH is 3. The smallest absolute Gasteiger partial charge is 0.164 e. The summed E-state index contributed by atoms with van der Waals surface area (Å²) in [5.74, 6) is 0.228. The van der Waals surface area contributed by atoms with Gasteiger partial charge in [-0.15, -0.1) is 0 Å². The third-order valence-electron chi connectivity index (χ3n) is 4.40. The zero-order chi connectivity index (χ0) is 16.1. The highest BCUT2D eigenvalue weighted by atomic mass is 16.6. The Bertz CT molecular complexity index is 703. The van der Waals surface area contributed by atoms with Gasteiger partial charge in [0.15, 0.2) is 11.4 Å². The number of ether oxygens (including phenoxy) is 1. The Hall–Kier alpha value is -1.78. The van der Waals surface area contributed by atoms with Crippen molar-refractivity contribution in [2.24, 2.45) is 0 Å². The summed E-state index contributed by atoms with van der Waals surface area (Å²) in [5.41, 5.74) is 3.05. The first-order valence-electron chi connectivity index (χ1n) is 6.77. The van der Waals surface area contributed by atoms with Gasteiger partial charge < -0.3 is 30.9 Å². The summed E-state index contributed by atoms with van der Waals surface area (Å²) >= 11 is 0. The van der Waals surface area contributed by atoms with E-state index in [9.17, 15) is 20.4 Å². The molecule has 0 spiro atoms. The van der Waals surface area contributed by atoms with Gasteiger partial charge in [0.1, 0.15) is 29.7 Å². The topological polar surface area (TPSA) is 146 Å². The molecule has 0 radical (unpaired) electrons. The number of aromatic nitrogens is 3. The lowest BCUT2D eigenvalue weighted by Crippen LogP contribution is -2.55. The van der Waals surface area contributed by atoms with Crippen LogP contribution in [0.5, 0.6) is 0 Å². The predicted octanol–water partition coefficient (Wildman–Crippen LogP) is -2.00. The highest BCUT2D eigenvalue weighted by molar-refractivity contribution is 5.65. The summed E-state index contributed by atoms with van der Waals surface area (Å²) in [7, 11) is 0. The molecule has 0 aromatic carbocycles. The summed E-state index contributed by atoms with van der Waals surface area (Å²) in [5, 5.41) is 44.2. The van der Waals surface area contributed by atoms with Gasteiger partial charge in [0.05, 0.1) is 18.9 Å². The summed E-state index contributed by atoms with van der Waals surface area (Å²) in [4.78, 5) is 3.87. The summed E-state index contributed by atoms with van der Waals surface area (Å²) < 4.78 is 7.03. The fourth-order valence-electron chi connectivity index (χ4n) is 3.04. The van der Waals surface area contributed by atoms with Gasteiger partial charge in [0, 0.05) is 0 Å². The number of hydrogen-bond acceptors (Lipinski definition) is 8. The molecule has 120 valence electrons. The molecule has 3 heterocycles. The Morgan fingerprint density at radius 3 is 2.73 bits per heavy atom. The predicted molar refractivity (Wildman–Crippen MR) is 74.8 cm³/mol. The van der Waals surface area contributed by atoms with Crippen molar-refractivity contribution < 1.29 is 25.2 Å². The first kappa shape index (κ1) is 15.1. The van der Waals surface area contributed by atoms with Crippen molar-refractivity contribution in [1.82, 2.24) is 14.6 Å². The molecule has 22 heavy (non-hydrogen) atoms. The van der Waals surface area contributed by atoms with Crippen molar-refractivity contribution >= 4 is 11.3 Å². The van der Waals surface area contributed by atoms with Crippen LogP contribution in [0.15, 0.2) is 18.5 Å². The van der Waals surface area contributed by atoms with Crippen LogP contribution in [-0.4, -0.2) is 66.0 Å². The number of hydrogen-bond donors (Lipinski definition) is 5. The molecule has 0 aliphatic carbocycles. The molecule has 0 amide bonds. The lowest BCUT2D eigenvalue weighted by atomic mass is 9.80. The van der Waals surface area contributed by atoms with Gasteiger partial charge in [0.2, 0.25) is 0 Å². The minimum Gasteiger partial charge on any atom is -0.394 e. The van der Waals surface area contributed by atoms with Crippen LogP contribution in [0.4, 0.5) is 5.82 Å². The van der Waals surface area contributed by atoms with E-state index in [0.29, 0.717) is 11.2 Å². The average molecular weight is 310 g/mol. The SMILES string of the molecule is C[C@@]1(O)[C@H](O)[C@@H](CO)O[C@@]1(CO)c1ccc2c(N)ncnn12. The second kappa shape index (κ2) is 4.86. The van der Waals surface area contributed by atoms with E-state index in [-0.39, 0.29) is 5.82 Å². The van der Waals surface area contributed by atoms with E-state index in [1.54, 1.807) is 12.1 Å². The maximum Gasteiger partial charge on any atom is 0.164 e. The third kappa shape index (κ3) is 1.71. The molecule has 6 N–H and O–H groups in total. The number of aliphatic hydroxyl groups is 4. The fraction of sp³-hybridized carbons (Fsp3) is 0.538. The zero-order valence-electron chi connectivity index (χ0n) is 11.9. The van der Waals surface area contributed by atoms with Crippen molar-refractivity contribution in [3.63, 3.8) is 0 Å². The molecule has 3 rings (SSSR count). The van der Waals surface area contributed by atoms with Gasteiger partial charge in [-0.05, 0) is 19.1 Å². The minimum absolute atomic E-state index is 0.228. The van der Waals surface area contributed by atoms with Crippen LogP contribution in [0, 0.1) is 0 Å². The molecule has 2 aromatic rings. The zero-order valence-corrected chi connectivity index (χ0v) is 11.9. The molecule has 1 saturated heterocycles. The monoisotopic (exact) mass is 310 g/mol. The molecular weight excluding hydrogens is 292 g/mol. The molecule has 9 heteroatoms. The number of rotatable bonds is 3. The highest BCUT2D eigenvalue weighted by Crippen LogP contribution is 2.47. The Kier molecular flexibility index (Phi) is 3.34. The molecule has 2 aromatic heterocycles. The van der Waals surface area contributed by atoms with E-state index in [1.807, 2.05) is 0 Å². The maximum absolute atomic E-state index is 10.7. The number of nitrogens with zero attached hydrogens (tertiary/aromatic N) is 3. The second-order valence-corrected chi connectivity index (χ2v) is 5.58. The van der Waals surface area contributed by atoms with Gasteiger partial charge in [-0.1, -0.05) is 0 Å². The molecule has 9 nitrogen and oxygen atoms in total. The van der Waals surface area contributed by atoms with Crippen LogP contribution in [0.2, 0.25) is 0 Å². The number of nitrogens with two attached hydrogens (primary N) is 1. The summed E-state index contributed by atoms with van der Waals surface area (Å²) in [6.07, 6.45) is -1.18. The van der Waals surface area contributed by atoms with Crippen LogP contribution in [0.1, 0.15) is 12.6 Å². The number of fused-ring (bicyclic) bond motifs is 1. The largest absolute Gasteiger partial charge is 0.394 e. The van der Waals surface area contributed by atoms with Crippen molar-refractivity contribution in [3.05, 3.63) is 24.2 Å². The van der Waals surface area contributed by atoms with E-state index >= 15 is 0 Å². The number of anilines is 1. The molecule has 1 aliphatic heterocycles. The van der Waals surface area contributed by atoms with Crippen molar-refractivity contribution in [2.75, 3.05) is 18.9 Å². The molecule has 4 atom stereocenters. The molecular formula is C13H18N4O5. The van der Waals surface area contributed by atoms with E-state index < -0.39 is 36.6 Å². The maximum atomic E-state index is 10.7. The van der Waals surface area contributed by atoms with Gasteiger partial charge in [0.25, 0.3) is 0 Å². The van der Waals surface area contributed by atoms with E-state index in [1.165, 1.54) is 17.8 Å². The van der Waals surface area contributed by atoms with Crippen molar-refractivity contribution in [2.45, 2.75) is 30.3 Å². The van der Waals surface area contributed by atoms with Gasteiger partial charge in [-0.2, -0.15) is 5.10 Å². The molecule has 1 aliphatic rings. The molecule has 0 unspecified atom stereocenters. The summed E-state index contributed by atoms with van der Waals surface area (Å²) in [6.45, 7) is 0.219. The van der Waals surface area contributed by atoms with Crippen LogP contribution in [0.3, 0.4) is 0 Å². The molecule has 0 bridgehead atoms. The van der Waals surface area contributed by atoms with E-state index in [0.717, 1.165) is 0 Å². The minimum atomic E-state index is -1.84. The number of nitrogen functional groups attached to an aromatic ring is 1. The first-order valence-corrected chi connectivity index (χ1v) is 6.77. The highest BCUT2D eigenvalue weighted by Gasteiger charge is 2.64. The van der Waals surface area contributed by atoms with E-state index in [4.69, 9.17) is 10.5 Å². The van der Waals surface area contributed by atoms with Crippen LogP contribution in [0.25, 0.3) is 5.52 Å². The first-order chi connectivity index (χ1) is 10.4. The lowest BCUT2D eigenvalue weighted by molar-refractivity contribution is -0.167. The summed E-state index contributed by atoms with van der Waals surface area (Å²) in [6, 6.07) is 3.21. The fourth-order valence-corrected chi connectivity index (χ4v) is 3.04. The Labute approximate surface area is 125 Å². The average Bonchev–Trinajstić information content (AvgIpc) is 3.01. The van der Waals surface area contributed by atoms with Gasteiger partial charge in [-0.3, -0.25) is 0 Å². The lowest BCUT2D eigenvalue weighted by Gasteiger charge is -2.37. The van der Waals surface area contributed by atoms with Crippen LogP contribution < -0.4 is 5.73 Å². The van der Waals surface area contributed by atoms with Gasteiger partial charge in [-0.25, -0.2) is 9.50 Å². The van der Waals surface area contributed by atoms with Gasteiger partial charge >= 0.3 is 0 Å². The quantitative estimate of drug-likeness (QED) is 0.437. The second-order valence-electron chi connectivity index (χ2n) is 5.58. The van der Waals surface area contributed by atoms with E-state index in [2.05, 4.69) is 10.1 Å². The third-order valence-corrected chi connectivity index (χ3v) is 4.40. The Morgan fingerprint density at radius 2 is 2.14 bits per heavy atom. The Balaban J connectivity index is 2.24. The van der Waals surface area contributed by atoms with Crippen molar-refractivity contribution in [3.8, 4) is 0 Å². The van der Waals surface area contributed by atoms with Crippen molar-refractivity contribution in [1.29, 1.82) is 0 Å². The molecule has 1 fully saturated rings.